The second kappa shape index (κ2) is 5.33. The lowest BCUT2D eigenvalue weighted by molar-refractivity contribution is -0.146. The van der Waals surface area contributed by atoms with E-state index in [0.717, 1.165) is 38.6 Å². The predicted octanol–water partition coefficient (Wildman–Crippen LogP) is 3.00. The Balaban J connectivity index is 1.91. The number of carbonyl (C=O) groups is 1. The van der Waals surface area contributed by atoms with Gasteiger partial charge in [-0.25, -0.2) is 0 Å². The van der Waals surface area contributed by atoms with E-state index in [0.29, 0.717) is 6.04 Å². The summed E-state index contributed by atoms with van der Waals surface area (Å²) >= 11 is 0. The minimum atomic E-state index is -0.650. The van der Waals surface area contributed by atoms with Crippen LogP contribution < -0.4 is 0 Å². The smallest absolute Gasteiger partial charge is 0.320 e. The zero-order valence-corrected chi connectivity index (χ0v) is 11.2. The van der Waals surface area contributed by atoms with Crippen molar-refractivity contribution in [3.8, 4) is 0 Å². The van der Waals surface area contributed by atoms with Crippen molar-refractivity contribution in [3.05, 3.63) is 35.4 Å². The molecule has 1 aliphatic carbocycles. The van der Waals surface area contributed by atoms with Gasteiger partial charge in [-0.05, 0) is 49.8 Å². The SMILES string of the molecule is O=C(O)C1CCCCN1C1CCCc2ccccc21. The molecule has 0 amide bonds. The molecule has 2 aliphatic rings. The van der Waals surface area contributed by atoms with Gasteiger partial charge >= 0.3 is 5.97 Å². The maximum Gasteiger partial charge on any atom is 0.320 e. The summed E-state index contributed by atoms with van der Waals surface area (Å²) in [5.74, 6) is -0.650. The van der Waals surface area contributed by atoms with Gasteiger partial charge in [0.05, 0.1) is 0 Å². The minimum absolute atomic E-state index is 0.287. The molecule has 0 bridgehead atoms. The number of rotatable bonds is 2. The van der Waals surface area contributed by atoms with Crippen LogP contribution >= 0.6 is 0 Å². The highest BCUT2D eigenvalue weighted by Crippen LogP contribution is 2.37. The maximum atomic E-state index is 11.5. The molecule has 1 N–H and O–H groups in total. The third-order valence-corrected chi connectivity index (χ3v) is 4.57. The average molecular weight is 259 g/mol. The van der Waals surface area contributed by atoms with Crippen molar-refractivity contribution in [2.75, 3.05) is 6.54 Å². The van der Waals surface area contributed by atoms with Crippen molar-refractivity contribution in [3.63, 3.8) is 0 Å². The first-order chi connectivity index (χ1) is 9.27. The van der Waals surface area contributed by atoms with Crippen LogP contribution in [0.2, 0.25) is 0 Å². The van der Waals surface area contributed by atoms with Crippen LogP contribution in [0.1, 0.15) is 49.3 Å². The zero-order valence-electron chi connectivity index (χ0n) is 11.2. The van der Waals surface area contributed by atoms with Crippen molar-refractivity contribution in [2.24, 2.45) is 0 Å². The summed E-state index contributed by atoms with van der Waals surface area (Å²) in [6, 6.07) is 8.58. The van der Waals surface area contributed by atoms with E-state index in [2.05, 4.69) is 29.2 Å². The number of aliphatic carboxylic acids is 1. The van der Waals surface area contributed by atoms with Crippen LogP contribution in [-0.4, -0.2) is 28.6 Å². The van der Waals surface area contributed by atoms with Crippen LogP contribution in [0.3, 0.4) is 0 Å². The van der Waals surface area contributed by atoms with E-state index in [-0.39, 0.29) is 6.04 Å². The largest absolute Gasteiger partial charge is 0.480 e. The molecule has 102 valence electrons. The zero-order chi connectivity index (χ0) is 13.2. The van der Waals surface area contributed by atoms with Crippen LogP contribution in [0.25, 0.3) is 0 Å². The van der Waals surface area contributed by atoms with Crippen molar-refractivity contribution in [1.29, 1.82) is 0 Å². The summed E-state index contributed by atoms with van der Waals surface area (Å²) in [5, 5.41) is 9.45. The van der Waals surface area contributed by atoms with Crippen LogP contribution in [0.5, 0.6) is 0 Å². The molecule has 3 nitrogen and oxygen atoms in total. The Kier molecular flexibility index (Phi) is 3.56. The molecule has 2 atom stereocenters. The number of aryl methyl sites for hydroxylation is 1. The average Bonchev–Trinajstić information content (AvgIpc) is 2.46. The Morgan fingerprint density at radius 3 is 2.84 bits per heavy atom. The molecule has 1 fully saturated rings. The summed E-state index contributed by atoms with van der Waals surface area (Å²) < 4.78 is 0. The summed E-state index contributed by atoms with van der Waals surface area (Å²) in [7, 11) is 0. The van der Waals surface area contributed by atoms with Gasteiger partial charge in [0, 0.05) is 6.04 Å². The number of fused-ring (bicyclic) bond motifs is 1. The number of hydrogen-bond donors (Lipinski definition) is 1. The van der Waals surface area contributed by atoms with Gasteiger partial charge in [-0.3, -0.25) is 9.69 Å². The molecule has 3 heteroatoms. The predicted molar refractivity (Wildman–Crippen MR) is 74.1 cm³/mol. The van der Waals surface area contributed by atoms with E-state index < -0.39 is 5.97 Å². The summed E-state index contributed by atoms with van der Waals surface area (Å²) in [5.41, 5.74) is 2.77. The Bertz CT molecular complexity index is 472. The van der Waals surface area contributed by atoms with E-state index in [1.165, 1.54) is 17.5 Å². The van der Waals surface area contributed by atoms with Gasteiger partial charge in [-0.2, -0.15) is 0 Å². The first-order valence-electron chi connectivity index (χ1n) is 7.34. The lowest BCUT2D eigenvalue weighted by Crippen LogP contribution is -2.47. The van der Waals surface area contributed by atoms with Gasteiger partial charge < -0.3 is 5.11 Å². The van der Waals surface area contributed by atoms with Gasteiger partial charge in [0.15, 0.2) is 0 Å². The molecule has 0 spiro atoms. The van der Waals surface area contributed by atoms with E-state index in [4.69, 9.17) is 0 Å². The van der Waals surface area contributed by atoms with Crippen molar-refractivity contribution in [2.45, 2.75) is 50.6 Å². The fraction of sp³-hybridized carbons (Fsp3) is 0.562. The van der Waals surface area contributed by atoms with E-state index in [1.54, 1.807) is 0 Å². The van der Waals surface area contributed by atoms with Gasteiger partial charge in [0.25, 0.3) is 0 Å². The van der Waals surface area contributed by atoms with Gasteiger partial charge in [-0.1, -0.05) is 30.7 Å². The van der Waals surface area contributed by atoms with Crippen LogP contribution in [0, 0.1) is 0 Å². The first-order valence-corrected chi connectivity index (χ1v) is 7.34. The third-order valence-electron chi connectivity index (χ3n) is 4.57. The minimum Gasteiger partial charge on any atom is -0.480 e. The fourth-order valence-corrected chi connectivity index (χ4v) is 3.66. The molecule has 1 aromatic carbocycles. The third kappa shape index (κ3) is 2.39. The Morgan fingerprint density at radius 2 is 2.00 bits per heavy atom. The van der Waals surface area contributed by atoms with Gasteiger partial charge in [0.2, 0.25) is 0 Å². The molecule has 0 aromatic heterocycles. The lowest BCUT2D eigenvalue weighted by atomic mass is 9.85. The highest BCUT2D eigenvalue weighted by Gasteiger charge is 2.35. The maximum absolute atomic E-state index is 11.5. The Hall–Kier alpha value is -1.35. The van der Waals surface area contributed by atoms with Gasteiger partial charge in [-0.15, -0.1) is 0 Å². The van der Waals surface area contributed by atoms with Crippen molar-refractivity contribution >= 4 is 5.97 Å². The summed E-state index contributed by atoms with van der Waals surface area (Å²) in [6.07, 6.45) is 6.38. The fourth-order valence-electron chi connectivity index (χ4n) is 3.66. The highest BCUT2D eigenvalue weighted by molar-refractivity contribution is 5.73. The lowest BCUT2D eigenvalue weighted by Gasteiger charge is -2.41. The molecule has 1 aromatic rings. The van der Waals surface area contributed by atoms with Crippen LogP contribution in [0.4, 0.5) is 0 Å². The van der Waals surface area contributed by atoms with E-state index >= 15 is 0 Å². The topological polar surface area (TPSA) is 40.5 Å². The Labute approximate surface area is 114 Å². The summed E-state index contributed by atoms with van der Waals surface area (Å²) in [4.78, 5) is 13.7. The molecular weight excluding hydrogens is 238 g/mol. The second-order valence-corrected chi connectivity index (χ2v) is 5.69. The quantitative estimate of drug-likeness (QED) is 0.887. The number of carboxylic acids is 1. The van der Waals surface area contributed by atoms with Crippen LogP contribution in [-0.2, 0) is 11.2 Å². The van der Waals surface area contributed by atoms with E-state index in [1.807, 2.05) is 0 Å². The van der Waals surface area contributed by atoms with E-state index in [9.17, 15) is 9.90 Å². The van der Waals surface area contributed by atoms with Crippen molar-refractivity contribution in [1.82, 2.24) is 4.90 Å². The molecular formula is C16H21NO2. The number of carboxylic acid groups (broad SMARTS) is 1. The number of piperidine rings is 1. The van der Waals surface area contributed by atoms with Crippen LogP contribution in [0.15, 0.2) is 24.3 Å². The first kappa shape index (κ1) is 12.7. The standard InChI is InChI=1S/C16H21NO2/c18-16(19)15-9-3-4-11-17(15)14-10-5-7-12-6-1-2-8-13(12)14/h1-2,6,8,14-15H,3-5,7,9-11H2,(H,18,19). The van der Waals surface area contributed by atoms with Gasteiger partial charge in [0.1, 0.15) is 6.04 Å². The number of likely N-dealkylation sites (tertiary alicyclic amines) is 1. The monoisotopic (exact) mass is 259 g/mol. The molecule has 19 heavy (non-hydrogen) atoms. The number of hydrogen-bond acceptors (Lipinski definition) is 2. The Morgan fingerprint density at radius 1 is 1.16 bits per heavy atom. The molecule has 0 saturated carbocycles. The summed E-state index contributed by atoms with van der Waals surface area (Å²) in [6.45, 7) is 0.927. The molecule has 0 radical (unpaired) electrons. The number of benzene rings is 1. The molecule has 1 saturated heterocycles. The normalized spacial score (nSPS) is 27.8. The molecule has 1 heterocycles. The number of nitrogens with zero attached hydrogens (tertiary/aromatic N) is 1. The molecule has 3 rings (SSSR count). The molecule has 2 unspecified atom stereocenters. The van der Waals surface area contributed by atoms with Crippen molar-refractivity contribution < 1.29 is 9.90 Å². The second-order valence-electron chi connectivity index (χ2n) is 5.69. The highest BCUT2D eigenvalue weighted by atomic mass is 16.4. The molecule has 1 aliphatic heterocycles.